The maximum Gasteiger partial charge on any atom is 0.250 e. The first-order valence-electron chi connectivity index (χ1n) is 4.55. The van der Waals surface area contributed by atoms with E-state index in [1.165, 1.54) is 25.0 Å². The Morgan fingerprint density at radius 1 is 1.36 bits per heavy atom. The number of nitrogens with two attached hydrogens (primary N) is 1. The summed E-state index contributed by atoms with van der Waals surface area (Å²) in [6, 6.07) is 0. The van der Waals surface area contributed by atoms with E-state index in [0.717, 1.165) is 6.54 Å². The molecule has 0 saturated heterocycles. The molecule has 0 fully saturated rings. The Balaban J connectivity index is 0.000000241. The van der Waals surface area contributed by atoms with Gasteiger partial charge in [0.15, 0.2) is 0 Å². The van der Waals surface area contributed by atoms with Gasteiger partial charge in [-0.3, -0.25) is 25.8 Å². The van der Waals surface area contributed by atoms with Crippen molar-refractivity contribution < 1.29 is 9.59 Å². The first kappa shape index (κ1) is 12.8. The number of hydrogen-bond acceptors (Lipinski definition) is 4. The van der Waals surface area contributed by atoms with E-state index in [-0.39, 0.29) is 11.8 Å². The Morgan fingerprint density at radius 2 is 1.86 bits per heavy atom. The number of unbranched alkanes of at least 4 members (excludes halogenated alkanes) is 1. The van der Waals surface area contributed by atoms with Crippen molar-refractivity contribution >= 4 is 11.8 Å². The summed E-state index contributed by atoms with van der Waals surface area (Å²) in [4.78, 5) is 20.1. The number of imide groups is 1. The summed E-state index contributed by atoms with van der Waals surface area (Å²) < 4.78 is 0. The molecule has 5 nitrogen and oxygen atoms in total. The average molecular weight is 199 g/mol. The fourth-order valence-electron chi connectivity index (χ4n) is 0.764. The minimum absolute atomic E-state index is 0.329. The Labute approximate surface area is 83.9 Å². The standard InChI is InChI=1S/C5H14N2.C4H3NO2/c1-3-4-5-7(2)6;6-3-1-2-4(7)5-3/h3-6H2,1-2H3;1-2H,(H,5,6,7). The van der Waals surface area contributed by atoms with E-state index in [1.807, 2.05) is 12.4 Å². The third kappa shape index (κ3) is 7.45. The minimum atomic E-state index is -0.329. The summed E-state index contributed by atoms with van der Waals surface area (Å²) in [5.41, 5.74) is 0. The van der Waals surface area contributed by atoms with Gasteiger partial charge in [-0.25, -0.2) is 0 Å². The molecule has 1 heterocycles. The van der Waals surface area contributed by atoms with E-state index < -0.39 is 0 Å². The number of rotatable bonds is 3. The molecule has 1 aliphatic heterocycles. The number of nitrogens with zero attached hydrogens (tertiary/aromatic N) is 1. The van der Waals surface area contributed by atoms with Crippen LogP contribution < -0.4 is 11.2 Å². The second kappa shape index (κ2) is 7.23. The Morgan fingerprint density at radius 3 is 2.00 bits per heavy atom. The molecular formula is C9H17N3O2. The molecule has 0 radical (unpaired) electrons. The van der Waals surface area contributed by atoms with Gasteiger partial charge < -0.3 is 0 Å². The number of amides is 2. The van der Waals surface area contributed by atoms with Crippen LogP contribution in [0.3, 0.4) is 0 Å². The fraction of sp³-hybridized carbons (Fsp3) is 0.556. The quantitative estimate of drug-likeness (QED) is 0.375. The fourth-order valence-corrected chi connectivity index (χ4v) is 0.764. The second-order valence-corrected chi connectivity index (χ2v) is 3.02. The van der Waals surface area contributed by atoms with E-state index >= 15 is 0 Å². The molecule has 0 saturated carbocycles. The van der Waals surface area contributed by atoms with Crippen molar-refractivity contribution in [2.75, 3.05) is 13.6 Å². The van der Waals surface area contributed by atoms with E-state index in [4.69, 9.17) is 5.84 Å². The van der Waals surface area contributed by atoms with Gasteiger partial charge in [0.2, 0.25) is 0 Å². The summed E-state index contributed by atoms with van der Waals surface area (Å²) >= 11 is 0. The van der Waals surface area contributed by atoms with Gasteiger partial charge in [0.25, 0.3) is 11.8 Å². The van der Waals surface area contributed by atoms with Gasteiger partial charge in [0.05, 0.1) is 0 Å². The van der Waals surface area contributed by atoms with Gasteiger partial charge in [0.1, 0.15) is 0 Å². The first-order valence-corrected chi connectivity index (χ1v) is 4.55. The SMILES string of the molecule is CCCCN(C)N.O=C1C=CC(=O)N1. The molecule has 14 heavy (non-hydrogen) atoms. The molecule has 0 aromatic heterocycles. The molecule has 80 valence electrons. The molecule has 0 unspecified atom stereocenters. The van der Waals surface area contributed by atoms with Crippen molar-refractivity contribution in [2.45, 2.75) is 19.8 Å². The third-order valence-electron chi connectivity index (χ3n) is 1.50. The lowest BCUT2D eigenvalue weighted by molar-refractivity contribution is -0.123. The van der Waals surface area contributed by atoms with Crippen LogP contribution >= 0.6 is 0 Å². The highest BCUT2D eigenvalue weighted by atomic mass is 16.2. The Kier molecular flexibility index (Phi) is 6.61. The van der Waals surface area contributed by atoms with E-state index in [9.17, 15) is 9.59 Å². The molecular weight excluding hydrogens is 182 g/mol. The van der Waals surface area contributed by atoms with Crippen LogP contribution in [0.2, 0.25) is 0 Å². The van der Waals surface area contributed by atoms with Crippen molar-refractivity contribution in [3.63, 3.8) is 0 Å². The zero-order valence-electron chi connectivity index (χ0n) is 8.62. The second-order valence-electron chi connectivity index (χ2n) is 3.02. The van der Waals surface area contributed by atoms with Gasteiger partial charge in [-0.2, -0.15) is 0 Å². The number of hydrazine groups is 1. The molecule has 1 rings (SSSR count). The molecule has 0 aromatic rings. The molecule has 3 N–H and O–H groups in total. The summed E-state index contributed by atoms with van der Waals surface area (Å²) in [5, 5.41) is 3.74. The van der Waals surface area contributed by atoms with Gasteiger partial charge in [-0.05, 0) is 6.42 Å². The lowest BCUT2D eigenvalue weighted by Crippen LogP contribution is -2.26. The van der Waals surface area contributed by atoms with E-state index in [2.05, 4.69) is 6.92 Å². The zero-order valence-corrected chi connectivity index (χ0v) is 8.62. The molecule has 1 aliphatic rings. The van der Waals surface area contributed by atoms with Crippen LogP contribution in [0.5, 0.6) is 0 Å². The minimum Gasteiger partial charge on any atom is -0.289 e. The molecule has 0 atom stereocenters. The summed E-state index contributed by atoms with van der Waals surface area (Å²) in [5.74, 6) is 4.65. The number of carbonyl (C=O) groups excluding carboxylic acids is 2. The van der Waals surface area contributed by atoms with Crippen LogP contribution in [0.1, 0.15) is 19.8 Å². The van der Waals surface area contributed by atoms with Crippen LogP contribution in [0, 0.1) is 0 Å². The van der Waals surface area contributed by atoms with Crippen molar-refractivity contribution in [3.05, 3.63) is 12.2 Å². The van der Waals surface area contributed by atoms with Crippen molar-refractivity contribution in [1.82, 2.24) is 10.3 Å². The van der Waals surface area contributed by atoms with Crippen LogP contribution in [0.25, 0.3) is 0 Å². The Bertz CT molecular complexity index is 208. The zero-order chi connectivity index (χ0) is 11.0. The lowest BCUT2D eigenvalue weighted by Gasteiger charge is -2.05. The molecule has 0 bridgehead atoms. The van der Waals surface area contributed by atoms with Crippen LogP contribution in [0.15, 0.2) is 12.2 Å². The summed E-state index contributed by atoms with van der Waals surface area (Å²) in [6.45, 7) is 3.17. The number of nitrogens with one attached hydrogen (secondary N) is 1. The van der Waals surface area contributed by atoms with Crippen LogP contribution in [0.4, 0.5) is 0 Å². The van der Waals surface area contributed by atoms with Crippen molar-refractivity contribution in [2.24, 2.45) is 5.84 Å². The third-order valence-corrected chi connectivity index (χ3v) is 1.50. The van der Waals surface area contributed by atoms with Crippen molar-refractivity contribution in [1.29, 1.82) is 0 Å². The van der Waals surface area contributed by atoms with Gasteiger partial charge in [-0.1, -0.05) is 13.3 Å². The highest BCUT2D eigenvalue weighted by molar-refractivity contribution is 6.12. The average Bonchev–Trinajstić information content (AvgIpc) is 2.47. The normalized spacial score (nSPS) is 14.0. The number of hydrogen-bond donors (Lipinski definition) is 2. The van der Waals surface area contributed by atoms with Gasteiger partial charge in [0, 0.05) is 25.7 Å². The predicted octanol–water partition coefficient (Wildman–Crippen LogP) is -0.209. The smallest absolute Gasteiger partial charge is 0.250 e. The van der Waals surface area contributed by atoms with Crippen LogP contribution in [-0.2, 0) is 9.59 Å². The first-order chi connectivity index (χ1) is 6.56. The highest BCUT2D eigenvalue weighted by Crippen LogP contribution is 1.84. The molecule has 2 amide bonds. The van der Waals surface area contributed by atoms with Gasteiger partial charge >= 0.3 is 0 Å². The lowest BCUT2D eigenvalue weighted by atomic mass is 10.3. The van der Waals surface area contributed by atoms with E-state index in [0.29, 0.717) is 0 Å². The summed E-state index contributed by atoms with van der Waals surface area (Å²) in [7, 11) is 1.88. The van der Waals surface area contributed by atoms with Gasteiger partial charge in [-0.15, -0.1) is 0 Å². The molecule has 0 spiro atoms. The van der Waals surface area contributed by atoms with Crippen LogP contribution in [-0.4, -0.2) is 30.4 Å². The number of carbonyl (C=O) groups is 2. The monoisotopic (exact) mass is 199 g/mol. The largest absolute Gasteiger partial charge is 0.289 e. The molecule has 0 aliphatic carbocycles. The summed E-state index contributed by atoms with van der Waals surface area (Å²) in [6.07, 6.45) is 4.82. The maximum absolute atomic E-state index is 10.0. The predicted molar refractivity (Wildman–Crippen MR) is 54.0 cm³/mol. The molecule has 0 aromatic carbocycles. The van der Waals surface area contributed by atoms with Crippen molar-refractivity contribution in [3.8, 4) is 0 Å². The highest BCUT2D eigenvalue weighted by Gasteiger charge is 2.06. The Hall–Kier alpha value is -1.20. The maximum atomic E-state index is 10.0. The molecule has 5 heteroatoms. The van der Waals surface area contributed by atoms with E-state index in [1.54, 1.807) is 5.01 Å². The topological polar surface area (TPSA) is 75.4 Å².